The number of carbonyl (C=O) groups is 2. The number of nitriles is 1. The number of carbonyl (C=O) groups excluding carboxylic acids is 2. The molecule has 8 heteroatoms. The first-order valence-corrected chi connectivity index (χ1v) is 10.0. The van der Waals surface area contributed by atoms with Crippen LogP contribution in [-0.2, 0) is 4.79 Å². The van der Waals surface area contributed by atoms with E-state index in [9.17, 15) is 9.59 Å². The van der Waals surface area contributed by atoms with Crippen LogP contribution in [0.1, 0.15) is 22.2 Å². The lowest BCUT2D eigenvalue weighted by atomic mass is 10.2. The van der Waals surface area contributed by atoms with Crippen LogP contribution in [0.5, 0.6) is 11.5 Å². The van der Waals surface area contributed by atoms with Crippen molar-refractivity contribution in [2.45, 2.75) is 6.92 Å². The van der Waals surface area contributed by atoms with Gasteiger partial charge in [0, 0.05) is 17.4 Å². The third kappa shape index (κ3) is 5.59. The molecule has 0 bridgehead atoms. The van der Waals surface area contributed by atoms with Gasteiger partial charge in [0.2, 0.25) is 0 Å². The molecule has 2 amide bonds. The van der Waals surface area contributed by atoms with E-state index in [0.29, 0.717) is 39.9 Å². The minimum atomic E-state index is -0.350. The summed E-state index contributed by atoms with van der Waals surface area (Å²) in [4.78, 5) is 24.9. The molecule has 0 saturated carbocycles. The Balaban J connectivity index is 1.54. The monoisotopic (exact) mass is 421 g/mol. The molecule has 7 nitrogen and oxygen atoms in total. The van der Waals surface area contributed by atoms with Gasteiger partial charge in [-0.05, 0) is 54.8 Å². The van der Waals surface area contributed by atoms with E-state index in [1.165, 1.54) is 11.3 Å². The quantitative estimate of drug-likeness (QED) is 0.565. The van der Waals surface area contributed by atoms with Crippen LogP contribution in [0.2, 0.25) is 0 Å². The molecule has 30 heavy (non-hydrogen) atoms. The van der Waals surface area contributed by atoms with Crippen molar-refractivity contribution < 1.29 is 19.1 Å². The van der Waals surface area contributed by atoms with Crippen molar-refractivity contribution in [3.63, 3.8) is 0 Å². The molecule has 1 aromatic heterocycles. The lowest BCUT2D eigenvalue weighted by Crippen LogP contribution is -2.20. The number of amides is 2. The highest BCUT2D eigenvalue weighted by Crippen LogP contribution is 2.28. The molecule has 1 heterocycles. The molecule has 0 saturated heterocycles. The summed E-state index contributed by atoms with van der Waals surface area (Å²) in [7, 11) is 0. The molecular weight excluding hydrogens is 402 g/mol. The van der Waals surface area contributed by atoms with Crippen molar-refractivity contribution in [1.82, 2.24) is 0 Å². The largest absolute Gasteiger partial charge is 0.490 e. The Labute approximate surface area is 177 Å². The molecule has 0 aliphatic carbocycles. The van der Waals surface area contributed by atoms with Gasteiger partial charge < -0.3 is 20.1 Å². The van der Waals surface area contributed by atoms with Gasteiger partial charge >= 0.3 is 0 Å². The zero-order chi connectivity index (χ0) is 21.3. The molecule has 2 N–H and O–H groups in total. The van der Waals surface area contributed by atoms with Crippen LogP contribution >= 0.6 is 11.3 Å². The summed E-state index contributed by atoms with van der Waals surface area (Å²) in [6.07, 6.45) is 0. The maximum atomic E-state index is 12.2. The van der Waals surface area contributed by atoms with Gasteiger partial charge in [-0.1, -0.05) is 6.07 Å². The summed E-state index contributed by atoms with van der Waals surface area (Å²) in [5.41, 5.74) is 1.64. The minimum absolute atomic E-state index is 0.178. The first-order valence-electron chi connectivity index (χ1n) is 9.13. The molecule has 0 fully saturated rings. The Hall–Kier alpha value is -3.83. The summed E-state index contributed by atoms with van der Waals surface area (Å²) in [5, 5.41) is 16.3. The molecule has 2 aromatic carbocycles. The number of nitrogens with one attached hydrogen (secondary N) is 2. The van der Waals surface area contributed by atoms with Crippen molar-refractivity contribution in [3.8, 4) is 17.6 Å². The molecule has 0 radical (unpaired) electrons. The predicted molar refractivity (Wildman–Crippen MR) is 115 cm³/mol. The smallest absolute Gasteiger partial charge is 0.265 e. The van der Waals surface area contributed by atoms with Crippen molar-refractivity contribution in [2.75, 3.05) is 23.8 Å². The zero-order valence-corrected chi connectivity index (χ0v) is 17.0. The first-order chi connectivity index (χ1) is 14.6. The highest BCUT2D eigenvalue weighted by molar-refractivity contribution is 7.12. The number of hydrogen-bond acceptors (Lipinski definition) is 6. The fraction of sp³-hybridized carbons (Fsp3) is 0.136. The lowest BCUT2D eigenvalue weighted by molar-refractivity contribution is -0.118. The van der Waals surface area contributed by atoms with Gasteiger partial charge in [0.15, 0.2) is 18.1 Å². The molecule has 0 aliphatic heterocycles. The summed E-state index contributed by atoms with van der Waals surface area (Å²) < 4.78 is 11.0. The highest BCUT2D eigenvalue weighted by atomic mass is 32.1. The molecule has 3 aromatic rings. The summed E-state index contributed by atoms with van der Waals surface area (Å²) in [6.45, 7) is 2.01. The van der Waals surface area contributed by atoms with E-state index in [4.69, 9.17) is 14.7 Å². The van der Waals surface area contributed by atoms with Gasteiger partial charge in [-0.15, -0.1) is 11.3 Å². The fourth-order valence-corrected chi connectivity index (χ4v) is 3.16. The van der Waals surface area contributed by atoms with Gasteiger partial charge in [-0.3, -0.25) is 9.59 Å². The number of benzene rings is 2. The number of thiophene rings is 1. The van der Waals surface area contributed by atoms with E-state index < -0.39 is 0 Å². The van der Waals surface area contributed by atoms with Crippen molar-refractivity contribution in [2.24, 2.45) is 0 Å². The van der Waals surface area contributed by atoms with Gasteiger partial charge in [0.1, 0.15) is 0 Å². The molecular formula is C22H19N3O4S. The van der Waals surface area contributed by atoms with E-state index in [-0.39, 0.29) is 18.4 Å². The topological polar surface area (TPSA) is 100 Å². The fourth-order valence-electron chi connectivity index (χ4n) is 2.54. The number of anilines is 2. The number of ether oxygens (including phenoxy) is 2. The summed E-state index contributed by atoms with van der Waals surface area (Å²) >= 11 is 1.36. The van der Waals surface area contributed by atoms with Crippen molar-refractivity contribution >= 4 is 34.5 Å². The Morgan fingerprint density at radius 2 is 1.73 bits per heavy atom. The van der Waals surface area contributed by atoms with Crippen LogP contribution in [0.25, 0.3) is 0 Å². The van der Waals surface area contributed by atoms with Crippen LogP contribution in [0.4, 0.5) is 11.4 Å². The standard InChI is InChI=1S/C22H19N3O4S/c1-2-28-19-12-15(13-23)5-10-18(19)29-14-21(26)24-16-6-8-17(9-7-16)25-22(27)20-4-3-11-30-20/h3-12H,2,14H2,1H3,(H,24,26)(H,25,27). The molecule has 0 unspecified atom stereocenters. The zero-order valence-electron chi connectivity index (χ0n) is 16.2. The molecule has 152 valence electrons. The van der Waals surface area contributed by atoms with Gasteiger partial charge in [-0.2, -0.15) is 5.26 Å². The third-order valence-electron chi connectivity index (χ3n) is 3.90. The second kappa shape index (κ2) is 10.1. The van der Waals surface area contributed by atoms with Gasteiger partial charge in [0.25, 0.3) is 11.8 Å². The van der Waals surface area contributed by atoms with E-state index in [2.05, 4.69) is 10.6 Å². The van der Waals surface area contributed by atoms with Crippen LogP contribution in [-0.4, -0.2) is 25.0 Å². The van der Waals surface area contributed by atoms with Crippen molar-refractivity contribution in [3.05, 3.63) is 70.4 Å². The van der Waals surface area contributed by atoms with Gasteiger partial charge in [0.05, 0.1) is 23.1 Å². The predicted octanol–water partition coefficient (Wildman–Crippen LogP) is 4.29. The summed E-state index contributed by atoms with van der Waals surface area (Å²) in [6, 6.07) is 17.2. The van der Waals surface area contributed by atoms with Crippen LogP contribution in [0.15, 0.2) is 60.0 Å². The maximum absolute atomic E-state index is 12.2. The number of nitrogens with zero attached hydrogens (tertiary/aromatic N) is 1. The Morgan fingerprint density at radius 3 is 2.37 bits per heavy atom. The molecule has 0 aliphatic rings. The average Bonchev–Trinajstić information content (AvgIpc) is 3.29. The summed E-state index contributed by atoms with van der Waals surface area (Å²) in [5.74, 6) is 0.271. The van der Waals surface area contributed by atoms with Gasteiger partial charge in [-0.25, -0.2) is 0 Å². The molecule has 3 rings (SSSR count). The maximum Gasteiger partial charge on any atom is 0.265 e. The molecule has 0 spiro atoms. The normalized spacial score (nSPS) is 10.0. The average molecular weight is 421 g/mol. The van der Waals surface area contributed by atoms with E-state index in [1.54, 1.807) is 48.5 Å². The Bertz CT molecular complexity index is 1060. The lowest BCUT2D eigenvalue weighted by Gasteiger charge is -2.12. The highest BCUT2D eigenvalue weighted by Gasteiger charge is 2.10. The minimum Gasteiger partial charge on any atom is -0.490 e. The van der Waals surface area contributed by atoms with Crippen molar-refractivity contribution in [1.29, 1.82) is 5.26 Å². The first kappa shape index (κ1) is 20.9. The second-order valence-electron chi connectivity index (χ2n) is 6.05. The Kier molecular flexibility index (Phi) is 7.03. The van der Waals surface area contributed by atoms with E-state index in [0.717, 1.165) is 0 Å². The number of hydrogen-bond donors (Lipinski definition) is 2. The second-order valence-corrected chi connectivity index (χ2v) is 7.00. The van der Waals surface area contributed by atoms with Crippen LogP contribution in [0.3, 0.4) is 0 Å². The molecule has 0 atom stereocenters. The van der Waals surface area contributed by atoms with E-state index in [1.807, 2.05) is 24.4 Å². The van der Waals surface area contributed by atoms with Crippen LogP contribution in [0, 0.1) is 11.3 Å². The SMILES string of the molecule is CCOc1cc(C#N)ccc1OCC(=O)Nc1ccc(NC(=O)c2cccs2)cc1. The third-order valence-corrected chi connectivity index (χ3v) is 4.77. The number of rotatable bonds is 8. The van der Waals surface area contributed by atoms with Crippen LogP contribution < -0.4 is 20.1 Å². The Morgan fingerprint density at radius 1 is 1.00 bits per heavy atom. The van der Waals surface area contributed by atoms with E-state index >= 15 is 0 Å².